The maximum Gasteiger partial charge on any atom is 0.274 e. The molecule has 0 saturated heterocycles. The van der Waals surface area contributed by atoms with Gasteiger partial charge in [0.15, 0.2) is 0 Å². The minimum Gasteiger partial charge on any atom is -0.495 e. The zero-order valence-electron chi connectivity index (χ0n) is 10.5. The van der Waals surface area contributed by atoms with Gasteiger partial charge in [0.2, 0.25) is 0 Å². The van der Waals surface area contributed by atoms with Crippen LogP contribution in [0.2, 0.25) is 0 Å². The molecule has 0 saturated carbocycles. The second-order valence-electron chi connectivity index (χ2n) is 3.87. The van der Waals surface area contributed by atoms with Crippen LogP contribution in [0.3, 0.4) is 0 Å². The van der Waals surface area contributed by atoms with E-state index in [1.54, 1.807) is 37.4 Å². The fourth-order valence-corrected chi connectivity index (χ4v) is 2.80. The molecular weight excluding hydrogens is 390 g/mol. The van der Waals surface area contributed by atoms with Crippen LogP contribution in [-0.2, 0) is 0 Å². The van der Waals surface area contributed by atoms with Crippen LogP contribution in [0.15, 0.2) is 39.3 Å². The molecule has 0 fully saturated rings. The van der Waals surface area contributed by atoms with Gasteiger partial charge in [-0.15, -0.1) is 0 Å². The Hall–Kier alpha value is -1.60. The molecule has 20 heavy (non-hydrogen) atoms. The van der Waals surface area contributed by atoms with Crippen LogP contribution < -0.4 is 15.8 Å². The molecule has 1 heterocycles. The van der Waals surface area contributed by atoms with Crippen molar-refractivity contribution in [2.75, 3.05) is 18.2 Å². The zero-order valence-corrected chi connectivity index (χ0v) is 13.7. The second kappa shape index (κ2) is 6.23. The fraction of sp³-hybridized carbons (Fsp3) is 0.0769. The normalized spacial score (nSPS) is 10.2. The molecule has 104 valence electrons. The number of methoxy groups -OCH3 is 1. The topological polar surface area (TPSA) is 77.2 Å². The number of hydrogen-bond donors (Lipinski definition) is 2. The number of nitrogens with one attached hydrogen (secondary N) is 1. The largest absolute Gasteiger partial charge is 0.495 e. The monoisotopic (exact) mass is 399 g/mol. The van der Waals surface area contributed by atoms with Gasteiger partial charge in [0.05, 0.1) is 17.3 Å². The Kier molecular flexibility index (Phi) is 4.61. The van der Waals surface area contributed by atoms with E-state index < -0.39 is 0 Å². The molecule has 1 aromatic carbocycles. The first-order valence-corrected chi connectivity index (χ1v) is 7.17. The van der Waals surface area contributed by atoms with E-state index in [1.807, 2.05) is 0 Å². The Morgan fingerprint density at radius 3 is 2.70 bits per heavy atom. The minimum absolute atomic E-state index is 0.249. The number of pyridine rings is 1. The molecule has 0 bridgehead atoms. The van der Waals surface area contributed by atoms with Crippen molar-refractivity contribution in [3.63, 3.8) is 0 Å². The molecule has 0 radical (unpaired) electrons. The highest BCUT2D eigenvalue weighted by atomic mass is 79.9. The highest BCUT2D eigenvalue weighted by molar-refractivity contribution is 9.11. The zero-order chi connectivity index (χ0) is 14.7. The summed E-state index contributed by atoms with van der Waals surface area (Å²) in [6.45, 7) is 0. The van der Waals surface area contributed by atoms with Crippen LogP contribution in [0.5, 0.6) is 5.75 Å². The lowest BCUT2D eigenvalue weighted by Gasteiger charge is -2.11. The van der Waals surface area contributed by atoms with Crippen molar-refractivity contribution < 1.29 is 9.53 Å². The van der Waals surface area contributed by atoms with Crippen molar-refractivity contribution in [3.8, 4) is 5.75 Å². The van der Waals surface area contributed by atoms with Gasteiger partial charge in [-0.25, -0.2) is 4.98 Å². The summed E-state index contributed by atoms with van der Waals surface area (Å²) in [6.07, 6.45) is 0. The van der Waals surface area contributed by atoms with Crippen molar-refractivity contribution in [2.45, 2.75) is 0 Å². The van der Waals surface area contributed by atoms with Crippen LogP contribution in [-0.4, -0.2) is 18.0 Å². The Morgan fingerprint density at radius 2 is 2.05 bits per heavy atom. The number of ether oxygens (including phenoxy) is 1. The van der Waals surface area contributed by atoms with Gasteiger partial charge < -0.3 is 15.8 Å². The Morgan fingerprint density at radius 1 is 1.30 bits per heavy atom. The third-order valence-electron chi connectivity index (χ3n) is 2.49. The number of rotatable bonds is 3. The first-order chi connectivity index (χ1) is 9.51. The summed E-state index contributed by atoms with van der Waals surface area (Å²) in [5.74, 6) is 0.566. The average Bonchev–Trinajstić information content (AvgIpc) is 2.41. The van der Waals surface area contributed by atoms with Crippen molar-refractivity contribution >= 4 is 49.3 Å². The first-order valence-electron chi connectivity index (χ1n) is 5.58. The van der Waals surface area contributed by atoms with Crippen LogP contribution in [0, 0.1) is 0 Å². The number of anilines is 2. The minimum atomic E-state index is -0.345. The highest BCUT2D eigenvalue weighted by Gasteiger charge is 2.12. The Balaban J connectivity index is 2.28. The molecule has 1 aromatic heterocycles. The number of carbonyl (C=O) groups is 1. The number of amides is 1. The number of nitrogens with two attached hydrogens (primary N) is 1. The summed E-state index contributed by atoms with van der Waals surface area (Å²) in [5.41, 5.74) is 6.39. The summed E-state index contributed by atoms with van der Waals surface area (Å²) in [6, 6.07) is 8.39. The van der Waals surface area contributed by atoms with E-state index in [2.05, 4.69) is 42.2 Å². The lowest BCUT2D eigenvalue weighted by molar-refractivity contribution is 0.102. The lowest BCUT2D eigenvalue weighted by atomic mass is 10.2. The predicted molar refractivity (Wildman–Crippen MR) is 85.0 cm³/mol. The summed E-state index contributed by atoms with van der Waals surface area (Å²) in [5, 5.41) is 2.75. The molecule has 5 nitrogen and oxygen atoms in total. The predicted octanol–water partition coefficient (Wildman–Crippen LogP) is 3.45. The molecule has 1 amide bonds. The molecule has 0 aliphatic carbocycles. The van der Waals surface area contributed by atoms with Gasteiger partial charge in [0.25, 0.3) is 5.91 Å². The van der Waals surface area contributed by atoms with E-state index in [-0.39, 0.29) is 11.6 Å². The molecule has 7 heteroatoms. The van der Waals surface area contributed by atoms with E-state index in [4.69, 9.17) is 10.5 Å². The molecular formula is C13H11Br2N3O2. The molecule has 3 N–H and O–H groups in total. The summed E-state index contributed by atoms with van der Waals surface area (Å²) >= 11 is 6.75. The van der Waals surface area contributed by atoms with Gasteiger partial charge in [0, 0.05) is 10.5 Å². The van der Waals surface area contributed by atoms with Crippen LogP contribution in [0.4, 0.5) is 11.5 Å². The van der Waals surface area contributed by atoms with Crippen molar-refractivity contribution in [1.82, 2.24) is 4.98 Å². The molecule has 0 aliphatic rings. The van der Waals surface area contributed by atoms with Gasteiger partial charge in [-0.1, -0.05) is 6.07 Å². The maximum absolute atomic E-state index is 12.1. The summed E-state index contributed by atoms with van der Waals surface area (Å²) < 4.78 is 6.70. The number of nitrogen functional groups attached to an aromatic ring is 1. The van der Waals surface area contributed by atoms with E-state index in [0.29, 0.717) is 17.3 Å². The second-order valence-corrected chi connectivity index (χ2v) is 5.58. The van der Waals surface area contributed by atoms with Crippen molar-refractivity contribution in [2.24, 2.45) is 0 Å². The fourth-order valence-electron chi connectivity index (χ4n) is 1.55. The summed E-state index contributed by atoms with van der Waals surface area (Å²) in [7, 11) is 1.55. The quantitative estimate of drug-likeness (QED) is 0.827. The van der Waals surface area contributed by atoms with E-state index in [0.717, 1.165) is 8.95 Å². The molecule has 0 atom stereocenters. The van der Waals surface area contributed by atoms with Crippen LogP contribution in [0.1, 0.15) is 10.5 Å². The molecule has 0 unspecified atom stereocenters. The van der Waals surface area contributed by atoms with Crippen molar-refractivity contribution in [1.29, 1.82) is 0 Å². The van der Waals surface area contributed by atoms with E-state index in [9.17, 15) is 4.79 Å². The molecule has 2 rings (SSSR count). The van der Waals surface area contributed by atoms with Gasteiger partial charge >= 0.3 is 0 Å². The summed E-state index contributed by atoms with van der Waals surface area (Å²) in [4.78, 5) is 16.1. The van der Waals surface area contributed by atoms with Crippen molar-refractivity contribution in [3.05, 3.63) is 45.0 Å². The van der Waals surface area contributed by atoms with Gasteiger partial charge in [0.1, 0.15) is 17.3 Å². The van der Waals surface area contributed by atoms with Crippen LogP contribution in [0.25, 0.3) is 0 Å². The van der Waals surface area contributed by atoms with Crippen LogP contribution >= 0.6 is 31.9 Å². The highest BCUT2D eigenvalue weighted by Crippen LogP contribution is 2.34. The molecule has 0 spiro atoms. The van der Waals surface area contributed by atoms with E-state index in [1.165, 1.54) is 0 Å². The maximum atomic E-state index is 12.1. The number of hydrogen-bond acceptors (Lipinski definition) is 4. The Labute approximate surface area is 132 Å². The van der Waals surface area contributed by atoms with Gasteiger partial charge in [-0.2, -0.15) is 0 Å². The SMILES string of the molecule is COc1cc(NC(=O)c2cccc(N)n2)c(Br)cc1Br. The number of benzene rings is 1. The third kappa shape index (κ3) is 3.29. The average molecular weight is 401 g/mol. The van der Waals surface area contributed by atoms with E-state index >= 15 is 0 Å². The molecule has 0 aliphatic heterocycles. The number of aromatic nitrogens is 1. The van der Waals surface area contributed by atoms with Gasteiger partial charge in [-0.05, 0) is 50.1 Å². The Bertz CT molecular complexity index is 662. The first kappa shape index (κ1) is 14.8. The third-order valence-corrected chi connectivity index (χ3v) is 3.77. The smallest absolute Gasteiger partial charge is 0.274 e. The van der Waals surface area contributed by atoms with Gasteiger partial charge in [-0.3, -0.25) is 4.79 Å². The number of nitrogens with zero attached hydrogens (tertiary/aromatic N) is 1. The number of halogens is 2. The number of carbonyl (C=O) groups excluding carboxylic acids is 1. The lowest BCUT2D eigenvalue weighted by Crippen LogP contribution is -2.14. The molecule has 2 aromatic rings. The standard InChI is InChI=1S/C13H11Br2N3O2/c1-20-11-6-10(7(14)5-8(11)15)18-13(19)9-3-2-4-12(16)17-9/h2-6H,1H3,(H2,16,17)(H,18,19).